The summed E-state index contributed by atoms with van der Waals surface area (Å²) in [6.45, 7) is 7.08. The van der Waals surface area contributed by atoms with Gasteiger partial charge in [-0.2, -0.15) is 0 Å². The summed E-state index contributed by atoms with van der Waals surface area (Å²) in [6, 6.07) is 7.77. The number of amides is 1. The largest absolute Gasteiger partial charge is 0.320 e. The van der Waals surface area contributed by atoms with Gasteiger partial charge in [0.1, 0.15) is 0 Å². The Kier molecular flexibility index (Phi) is 4.25. The normalized spacial score (nSPS) is 21.7. The highest BCUT2D eigenvalue weighted by atomic mass is 16.2. The molecule has 3 atom stereocenters. The van der Waals surface area contributed by atoms with Crippen molar-refractivity contribution in [2.45, 2.75) is 39.7 Å². The molecule has 1 aliphatic rings. The summed E-state index contributed by atoms with van der Waals surface area (Å²) in [4.78, 5) is 14.5. The molecule has 1 aliphatic heterocycles. The van der Waals surface area contributed by atoms with Crippen LogP contribution in [0.25, 0.3) is 0 Å². The van der Waals surface area contributed by atoms with Crippen molar-refractivity contribution in [1.82, 2.24) is 0 Å². The van der Waals surface area contributed by atoms with Gasteiger partial charge in [0.05, 0.1) is 6.04 Å². The Morgan fingerprint density at radius 1 is 1.47 bits per heavy atom. The molecule has 0 bridgehead atoms. The Morgan fingerprint density at radius 2 is 2.16 bits per heavy atom. The summed E-state index contributed by atoms with van der Waals surface area (Å²) in [5, 5.41) is 0. The number of nitrogens with zero attached hydrogens (tertiary/aromatic N) is 1. The lowest BCUT2D eigenvalue weighted by atomic mass is 9.92. The topological polar surface area (TPSA) is 46.3 Å². The molecule has 1 amide bonds. The van der Waals surface area contributed by atoms with Crippen molar-refractivity contribution >= 4 is 11.6 Å². The monoisotopic (exact) mass is 260 g/mol. The van der Waals surface area contributed by atoms with Crippen molar-refractivity contribution in [2.75, 3.05) is 11.4 Å². The van der Waals surface area contributed by atoms with Crippen molar-refractivity contribution in [3.8, 4) is 0 Å². The fraction of sp³-hybridized carbons (Fsp3) is 0.562. The van der Waals surface area contributed by atoms with Crippen LogP contribution >= 0.6 is 0 Å². The van der Waals surface area contributed by atoms with E-state index in [0.717, 1.165) is 25.1 Å². The molecule has 0 saturated carbocycles. The maximum atomic E-state index is 12.6. The number of hydrogen-bond acceptors (Lipinski definition) is 2. The molecule has 0 radical (unpaired) electrons. The number of benzene rings is 1. The molecule has 0 spiro atoms. The molecular formula is C16H24N2O. The fourth-order valence-electron chi connectivity index (χ4n) is 2.68. The standard InChI is InChI=1S/C16H24N2O/c1-4-12(3)15(17)16(19)18-10-11(2)9-13-7-5-6-8-14(13)18/h5-8,11-12,15H,4,9-10,17H2,1-3H3/t11?,12?,15-/m0/s1. The highest BCUT2D eigenvalue weighted by Gasteiger charge is 2.30. The number of hydrogen-bond donors (Lipinski definition) is 1. The first-order valence-electron chi connectivity index (χ1n) is 7.19. The van der Waals surface area contributed by atoms with E-state index in [2.05, 4.69) is 19.9 Å². The van der Waals surface area contributed by atoms with E-state index in [1.807, 2.05) is 30.0 Å². The number of nitrogens with two attached hydrogens (primary N) is 1. The molecule has 1 aromatic rings. The molecule has 1 aromatic carbocycles. The summed E-state index contributed by atoms with van der Waals surface area (Å²) >= 11 is 0. The number of carbonyl (C=O) groups excluding carboxylic acids is 1. The van der Waals surface area contributed by atoms with Crippen LogP contribution < -0.4 is 10.6 Å². The maximum absolute atomic E-state index is 12.6. The molecule has 2 N–H and O–H groups in total. The van der Waals surface area contributed by atoms with Crippen LogP contribution in [0.5, 0.6) is 0 Å². The van der Waals surface area contributed by atoms with E-state index in [9.17, 15) is 4.79 Å². The van der Waals surface area contributed by atoms with Crippen molar-refractivity contribution in [2.24, 2.45) is 17.6 Å². The summed E-state index contributed by atoms with van der Waals surface area (Å²) in [6.07, 6.45) is 1.97. The third-order valence-corrected chi connectivity index (χ3v) is 4.15. The number of rotatable bonds is 3. The highest BCUT2D eigenvalue weighted by Crippen LogP contribution is 2.30. The Bertz CT molecular complexity index is 458. The lowest BCUT2D eigenvalue weighted by Crippen LogP contribution is -2.50. The van der Waals surface area contributed by atoms with Gasteiger partial charge < -0.3 is 10.6 Å². The van der Waals surface area contributed by atoms with Crippen LogP contribution in [0, 0.1) is 11.8 Å². The SMILES string of the molecule is CCC(C)[C@H](N)C(=O)N1CC(C)Cc2ccccc21. The first-order valence-corrected chi connectivity index (χ1v) is 7.19. The lowest BCUT2D eigenvalue weighted by Gasteiger charge is -2.35. The van der Waals surface area contributed by atoms with Crippen LogP contribution in [-0.4, -0.2) is 18.5 Å². The van der Waals surface area contributed by atoms with Gasteiger partial charge in [0, 0.05) is 12.2 Å². The lowest BCUT2D eigenvalue weighted by molar-refractivity contribution is -0.121. The van der Waals surface area contributed by atoms with Crippen LogP contribution in [-0.2, 0) is 11.2 Å². The van der Waals surface area contributed by atoms with Crippen molar-refractivity contribution in [1.29, 1.82) is 0 Å². The van der Waals surface area contributed by atoms with E-state index in [0.29, 0.717) is 5.92 Å². The Morgan fingerprint density at radius 3 is 2.84 bits per heavy atom. The van der Waals surface area contributed by atoms with Crippen molar-refractivity contribution < 1.29 is 4.79 Å². The van der Waals surface area contributed by atoms with E-state index in [1.165, 1.54) is 5.56 Å². The minimum absolute atomic E-state index is 0.0633. The van der Waals surface area contributed by atoms with Gasteiger partial charge in [0.15, 0.2) is 0 Å². The first-order chi connectivity index (χ1) is 9.04. The van der Waals surface area contributed by atoms with Gasteiger partial charge in [-0.15, -0.1) is 0 Å². The molecule has 2 rings (SSSR count). The summed E-state index contributed by atoms with van der Waals surface area (Å²) in [5.74, 6) is 0.772. The minimum atomic E-state index is -0.400. The van der Waals surface area contributed by atoms with Gasteiger partial charge in [-0.05, 0) is 29.9 Å². The van der Waals surface area contributed by atoms with E-state index < -0.39 is 6.04 Å². The van der Waals surface area contributed by atoms with Gasteiger partial charge in [-0.25, -0.2) is 0 Å². The average molecular weight is 260 g/mol. The number of carbonyl (C=O) groups is 1. The zero-order chi connectivity index (χ0) is 14.0. The number of para-hydroxylation sites is 1. The predicted molar refractivity (Wildman–Crippen MR) is 79.1 cm³/mol. The zero-order valence-electron chi connectivity index (χ0n) is 12.1. The van der Waals surface area contributed by atoms with Crippen LogP contribution in [0.4, 0.5) is 5.69 Å². The molecular weight excluding hydrogens is 236 g/mol. The molecule has 3 heteroatoms. The molecule has 0 fully saturated rings. The molecule has 104 valence electrons. The molecule has 0 aliphatic carbocycles. The summed E-state index contributed by atoms with van der Waals surface area (Å²) < 4.78 is 0. The second-order valence-corrected chi connectivity index (χ2v) is 5.80. The van der Waals surface area contributed by atoms with E-state index in [1.54, 1.807) is 0 Å². The Balaban J connectivity index is 2.27. The smallest absolute Gasteiger partial charge is 0.244 e. The first kappa shape index (κ1) is 14.1. The van der Waals surface area contributed by atoms with Crippen molar-refractivity contribution in [3.63, 3.8) is 0 Å². The molecule has 0 saturated heterocycles. The molecule has 19 heavy (non-hydrogen) atoms. The fourth-order valence-corrected chi connectivity index (χ4v) is 2.68. The van der Waals surface area contributed by atoms with Gasteiger partial charge in [-0.3, -0.25) is 4.79 Å². The Labute approximate surface area is 115 Å². The summed E-state index contributed by atoms with van der Waals surface area (Å²) in [5.41, 5.74) is 8.41. The van der Waals surface area contributed by atoms with E-state index >= 15 is 0 Å². The molecule has 3 nitrogen and oxygen atoms in total. The third-order valence-electron chi connectivity index (χ3n) is 4.15. The average Bonchev–Trinajstić information content (AvgIpc) is 2.43. The quantitative estimate of drug-likeness (QED) is 0.908. The third kappa shape index (κ3) is 2.81. The van der Waals surface area contributed by atoms with Crippen LogP contribution in [0.2, 0.25) is 0 Å². The predicted octanol–water partition coefficient (Wildman–Crippen LogP) is 2.59. The van der Waals surface area contributed by atoms with Gasteiger partial charge in [0.2, 0.25) is 5.91 Å². The second kappa shape index (κ2) is 5.74. The Hall–Kier alpha value is -1.35. The second-order valence-electron chi connectivity index (χ2n) is 5.80. The number of fused-ring (bicyclic) bond motifs is 1. The maximum Gasteiger partial charge on any atom is 0.244 e. The van der Waals surface area contributed by atoms with Gasteiger partial charge in [0.25, 0.3) is 0 Å². The van der Waals surface area contributed by atoms with Crippen LogP contribution in [0.3, 0.4) is 0 Å². The molecule has 2 unspecified atom stereocenters. The molecule has 0 aromatic heterocycles. The van der Waals surface area contributed by atoms with Gasteiger partial charge in [-0.1, -0.05) is 45.4 Å². The van der Waals surface area contributed by atoms with Gasteiger partial charge >= 0.3 is 0 Å². The van der Waals surface area contributed by atoms with Crippen LogP contribution in [0.15, 0.2) is 24.3 Å². The minimum Gasteiger partial charge on any atom is -0.320 e. The number of anilines is 1. The van der Waals surface area contributed by atoms with Crippen molar-refractivity contribution in [3.05, 3.63) is 29.8 Å². The van der Waals surface area contributed by atoms with E-state index in [4.69, 9.17) is 5.73 Å². The van der Waals surface area contributed by atoms with Crippen LogP contribution in [0.1, 0.15) is 32.8 Å². The summed E-state index contributed by atoms with van der Waals surface area (Å²) in [7, 11) is 0. The highest BCUT2D eigenvalue weighted by molar-refractivity contribution is 5.98. The van der Waals surface area contributed by atoms with E-state index in [-0.39, 0.29) is 11.8 Å². The molecule has 1 heterocycles. The zero-order valence-corrected chi connectivity index (χ0v) is 12.1.